The number of pyridine rings is 1. The molecule has 1 aromatic heterocycles. The Kier molecular flexibility index (Phi) is 2.57. The summed E-state index contributed by atoms with van der Waals surface area (Å²) in [5.74, 6) is -1.77. The van der Waals surface area contributed by atoms with Gasteiger partial charge in [0.1, 0.15) is 17.4 Å². The molecule has 0 radical (unpaired) electrons. The average Bonchev–Trinajstić information content (AvgIpc) is 2.07. The zero-order valence-corrected chi connectivity index (χ0v) is 7.31. The highest BCUT2D eigenvalue weighted by atomic mass is 19.1. The lowest BCUT2D eigenvalue weighted by atomic mass is 9.99. The molecule has 13 heavy (non-hydrogen) atoms. The molecule has 0 saturated heterocycles. The predicted octanol–water partition coefficient (Wildman–Crippen LogP) is 2.35. The minimum atomic E-state index is -0.910. The summed E-state index contributed by atoms with van der Waals surface area (Å²) >= 11 is 0. The summed E-state index contributed by atoms with van der Waals surface area (Å²) < 4.78 is 26.0. The van der Waals surface area contributed by atoms with E-state index in [9.17, 15) is 8.78 Å². The van der Waals surface area contributed by atoms with Crippen molar-refractivity contribution >= 4 is 0 Å². The molecule has 0 saturated carbocycles. The van der Waals surface area contributed by atoms with Crippen LogP contribution in [0.25, 0.3) is 0 Å². The number of hydrogen-bond donors (Lipinski definition) is 0. The SMILES string of the molecule is CC(C)c1c(F)cnc(F)c1C#N. The van der Waals surface area contributed by atoms with Gasteiger partial charge in [-0.2, -0.15) is 9.65 Å². The lowest BCUT2D eigenvalue weighted by Gasteiger charge is -2.08. The van der Waals surface area contributed by atoms with Crippen LogP contribution in [0.15, 0.2) is 6.20 Å². The number of halogens is 2. The highest BCUT2D eigenvalue weighted by Gasteiger charge is 2.17. The Hall–Kier alpha value is -1.50. The van der Waals surface area contributed by atoms with Crippen LogP contribution in [-0.2, 0) is 0 Å². The summed E-state index contributed by atoms with van der Waals surface area (Å²) in [5.41, 5.74) is -0.204. The van der Waals surface area contributed by atoms with Crippen LogP contribution >= 0.6 is 0 Å². The second-order valence-electron chi connectivity index (χ2n) is 2.95. The summed E-state index contributed by atoms with van der Waals surface area (Å²) in [7, 11) is 0. The lowest BCUT2D eigenvalue weighted by molar-refractivity contribution is 0.538. The molecule has 0 aromatic carbocycles. The molecule has 0 unspecified atom stereocenters. The Balaban J connectivity index is 3.46. The van der Waals surface area contributed by atoms with E-state index in [-0.39, 0.29) is 17.0 Å². The summed E-state index contributed by atoms with van der Waals surface area (Å²) in [4.78, 5) is 3.13. The zero-order valence-electron chi connectivity index (χ0n) is 7.31. The molecule has 0 aliphatic rings. The molecule has 0 amide bonds. The van der Waals surface area contributed by atoms with Crippen LogP contribution < -0.4 is 0 Å². The fraction of sp³-hybridized carbons (Fsp3) is 0.333. The molecule has 2 nitrogen and oxygen atoms in total. The van der Waals surface area contributed by atoms with Gasteiger partial charge in [0.05, 0.1) is 6.20 Å². The van der Waals surface area contributed by atoms with Gasteiger partial charge in [-0.1, -0.05) is 13.8 Å². The molecule has 68 valence electrons. The van der Waals surface area contributed by atoms with Gasteiger partial charge in [-0.05, 0) is 5.92 Å². The second-order valence-corrected chi connectivity index (χ2v) is 2.95. The van der Waals surface area contributed by atoms with Crippen LogP contribution in [0.1, 0.15) is 30.9 Å². The van der Waals surface area contributed by atoms with Crippen LogP contribution in [0.3, 0.4) is 0 Å². The van der Waals surface area contributed by atoms with E-state index >= 15 is 0 Å². The molecule has 1 rings (SSSR count). The molecule has 0 N–H and O–H groups in total. The van der Waals surface area contributed by atoms with Crippen molar-refractivity contribution in [2.45, 2.75) is 19.8 Å². The van der Waals surface area contributed by atoms with Crippen molar-refractivity contribution in [3.8, 4) is 6.07 Å². The Bertz CT molecular complexity index is 367. The average molecular weight is 182 g/mol. The topological polar surface area (TPSA) is 36.7 Å². The highest BCUT2D eigenvalue weighted by Crippen LogP contribution is 2.22. The second kappa shape index (κ2) is 3.48. The largest absolute Gasteiger partial charge is 0.231 e. The van der Waals surface area contributed by atoms with Crippen molar-refractivity contribution in [2.24, 2.45) is 0 Å². The first-order valence-corrected chi connectivity index (χ1v) is 3.82. The first-order valence-electron chi connectivity index (χ1n) is 3.82. The quantitative estimate of drug-likeness (QED) is 0.625. The number of nitrogens with zero attached hydrogens (tertiary/aromatic N) is 2. The number of aromatic nitrogens is 1. The van der Waals surface area contributed by atoms with Gasteiger partial charge in [0.2, 0.25) is 5.95 Å². The fourth-order valence-corrected chi connectivity index (χ4v) is 1.15. The molecule has 0 spiro atoms. The van der Waals surface area contributed by atoms with Gasteiger partial charge in [-0.3, -0.25) is 0 Å². The monoisotopic (exact) mass is 182 g/mol. The van der Waals surface area contributed by atoms with Gasteiger partial charge in [-0.15, -0.1) is 0 Å². The van der Waals surface area contributed by atoms with E-state index in [0.29, 0.717) is 0 Å². The molecule has 4 heteroatoms. The zero-order chi connectivity index (χ0) is 10.0. The van der Waals surface area contributed by atoms with E-state index in [2.05, 4.69) is 4.98 Å². The van der Waals surface area contributed by atoms with Crippen LogP contribution in [0, 0.1) is 23.1 Å². The third-order valence-corrected chi connectivity index (χ3v) is 1.71. The minimum absolute atomic E-state index is 0.0926. The van der Waals surface area contributed by atoms with Crippen molar-refractivity contribution in [3.63, 3.8) is 0 Å². The maximum absolute atomic E-state index is 13.1. The molecule has 1 heterocycles. The number of nitriles is 1. The normalized spacial score (nSPS) is 10.2. The first-order chi connectivity index (χ1) is 6.07. The Morgan fingerprint density at radius 3 is 2.46 bits per heavy atom. The predicted molar refractivity (Wildman–Crippen MR) is 43.0 cm³/mol. The number of hydrogen-bond acceptors (Lipinski definition) is 2. The van der Waals surface area contributed by atoms with Crippen LogP contribution in [0.5, 0.6) is 0 Å². The molecule has 0 atom stereocenters. The van der Waals surface area contributed by atoms with Crippen molar-refractivity contribution in [1.82, 2.24) is 4.98 Å². The molecular formula is C9H8F2N2. The lowest BCUT2D eigenvalue weighted by Crippen LogP contribution is -2.02. The molecule has 1 aromatic rings. The van der Waals surface area contributed by atoms with E-state index < -0.39 is 11.8 Å². The van der Waals surface area contributed by atoms with Crippen molar-refractivity contribution in [2.75, 3.05) is 0 Å². The summed E-state index contributed by atoms with van der Waals surface area (Å²) in [6, 6.07) is 1.61. The van der Waals surface area contributed by atoms with Crippen molar-refractivity contribution in [3.05, 3.63) is 29.1 Å². The van der Waals surface area contributed by atoms with Gasteiger partial charge >= 0.3 is 0 Å². The van der Waals surface area contributed by atoms with E-state index in [1.54, 1.807) is 19.9 Å². The molecular weight excluding hydrogens is 174 g/mol. The first kappa shape index (κ1) is 9.59. The molecule has 0 bridgehead atoms. The van der Waals surface area contributed by atoms with E-state index in [1.807, 2.05) is 0 Å². The van der Waals surface area contributed by atoms with Gasteiger partial charge in [0.15, 0.2) is 0 Å². The van der Waals surface area contributed by atoms with Crippen molar-refractivity contribution < 1.29 is 8.78 Å². The molecule has 0 aliphatic heterocycles. The smallest absolute Gasteiger partial charge is 0.224 e. The van der Waals surface area contributed by atoms with Crippen LogP contribution in [-0.4, -0.2) is 4.98 Å². The van der Waals surface area contributed by atoms with E-state index in [4.69, 9.17) is 5.26 Å². The third kappa shape index (κ3) is 1.64. The van der Waals surface area contributed by atoms with E-state index in [1.165, 1.54) is 0 Å². The van der Waals surface area contributed by atoms with Gasteiger partial charge in [0, 0.05) is 5.56 Å². The summed E-state index contributed by atoms with van der Waals surface area (Å²) in [5, 5.41) is 8.58. The Labute approximate surface area is 74.8 Å². The number of rotatable bonds is 1. The van der Waals surface area contributed by atoms with Gasteiger partial charge < -0.3 is 0 Å². The summed E-state index contributed by atoms with van der Waals surface area (Å²) in [6.45, 7) is 3.39. The van der Waals surface area contributed by atoms with Crippen LogP contribution in [0.4, 0.5) is 8.78 Å². The highest BCUT2D eigenvalue weighted by molar-refractivity contribution is 5.38. The van der Waals surface area contributed by atoms with E-state index in [0.717, 1.165) is 6.20 Å². The van der Waals surface area contributed by atoms with Crippen LogP contribution in [0.2, 0.25) is 0 Å². The minimum Gasteiger partial charge on any atom is -0.224 e. The third-order valence-electron chi connectivity index (χ3n) is 1.71. The maximum atomic E-state index is 13.1. The Morgan fingerprint density at radius 1 is 1.46 bits per heavy atom. The maximum Gasteiger partial charge on any atom is 0.231 e. The fourth-order valence-electron chi connectivity index (χ4n) is 1.15. The Morgan fingerprint density at radius 2 is 2.08 bits per heavy atom. The van der Waals surface area contributed by atoms with Gasteiger partial charge in [-0.25, -0.2) is 9.37 Å². The van der Waals surface area contributed by atoms with Crippen molar-refractivity contribution in [1.29, 1.82) is 5.26 Å². The standard InChI is InChI=1S/C9H8F2N2/c1-5(2)8-6(3-12)9(11)13-4-7(8)10/h4-5H,1-2H3. The molecule has 0 aliphatic carbocycles. The molecule has 0 fully saturated rings. The van der Waals surface area contributed by atoms with Gasteiger partial charge in [0.25, 0.3) is 0 Å². The summed E-state index contributed by atoms with van der Waals surface area (Å²) in [6.07, 6.45) is 0.797.